The maximum Gasteiger partial charge on any atom is 0.236 e. The summed E-state index contributed by atoms with van der Waals surface area (Å²) < 4.78 is 5.61. The maximum absolute atomic E-state index is 12.0. The zero-order valence-corrected chi connectivity index (χ0v) is 10.1. The van der Waals surface area contributed by atoms with Crippen LogP contribution in [0.25, 0.3) is 0 Å². The Morgan fingerprint density at radius 2 is 2.25 bits per heavy atom. The molecule has 1 aliphatic carbocycles. The highest BCUT2D eigenvalue weighted by molar-refractivity contribution is 5.78. The summed E-state index contributed by atoms with van der Waals surface area (Å²) in [6.45, 7) is 2.75. The van der Waals surface area contributed by atoms with E-state index in [0.717, 1.165) is 19.6 Å². The van der Waals surface area contributed by atoms with Crippen LogP contribution in [0.15, 0.2) is 0 Å². The summed E-state index contributed by atoms with van der Waals surface area (Å²) in [5.41, 5.74) is 0. The Morgan fingerprint density at radius 1 is 1.44 bits per heavy atom. The number of ether oxygens (including phenoxy) is 1. The van der Waals surface area contributed by atoms with Gasteiger partial charge in [0.05, 0.1) is 19.8 Å². The van der Waals surface area contributed by atoms with Crippen molar-refractivity contribution >= 4 is 5.91 Å². The van der Waals surface area contributed by atoms with Gasteiger partial charge in [-0.3, -0.25) is 4.79 Å². The number of rotatable bonds is 2. The zero-order chi connectivity index (χ0) is 11.4. The van der Waals surface area contributed by atoms with Gasteiger partial charge in [-0.2, -0.15) is 0 Å². The summed E-state index contributed by atoms with van der Waals surface area (Å²) in [7, 11) is 1.82. The minimum atomic E-state index is 0.227. The minimum Gasteiger partial charge on any atom is -0.379 e. The molecule has 4 heteroatoms. The standard InChI is InChI=1S/C12H22N2O2/c1-13-8-12(15)14-6-7-16-9-10-4-2-3-5-11(10)14/h10-11,13H,2-9H2,1H3/t10-,11+/m0/s1. The summed E-state index contributed by atoms with van der Waals surface area (Å²) in [5, 5.41) is 2.95. The highest BCUT2D eigenvalue weighted by Gasteiger charge is 2.34. The third-order valence-electron chi connectivity index (χ3n) is 3.73. The molecule has 2 fully saturated rings. The fraction of sp³-hybridized carbons (Fsp3) is 0.917. The predicted octanol–water partition coefficient (Wildman–Crippen LogP) is 0.623. The number of amides is 1. The fourth-order valence-electron chi connectivity index (χ4n) is 2.92. The Labute approximate surface area is 97.3 Å². The summed E-state index contributed by atoms with van der Waals surface area (Å²) in [6, 6.07) is 0.428. The van der Waals surface area contributed by atoms with Crippen molar-refractivity contribution in [2.75, 3.05) is 33.4 Å². The van der Waals surface area contributed by atoms with Crippen LogP contribution in [0.1, 0.15) is 25.7 Å². The largest absolute Gasteiger partial charge is 0.379 e. The molecule has 4 nitrogen and oxygen atoms in total. The summed E-state index contributed by atoms with van der Waals surface area (Å²) in [4.78, 5) is 14.1. The van der Waals surface area contributed by atoms with Gasteiger partial charge in [-0.15, -0.1) is 0 Å². The van der Waals surface area contributed by atoms with E-state index in [1.165, 1.54) is 19.3 Å². The van der Waals surface area contributed by atoms with E-state index in [4.69, 9.17) is 4.74 Å². The topological polar surface area (TPSA) is 41.6 Å². The molecule has 0 bridgehead atoms. The number of hydrogen-bond donors (Lipinski definition) is 1. The molecule has 1 heterocycles. The van der Waals surface area contributed by atoms with Crippen molar-refractivity contribution < 1.29 is 9.53 Å². The maximum atomic E-state index is 12.0. The second-order valence-corrected chi connectivity index (χ2v) is 4.80. The zero-order valence-electron chi connectivity index (χ0n) is 10.1. The van der Waals surface area contributed by atoms with Crippen LogP contribution in [-0.4, -0.2) is 50.2 Å². The highest BCUT2D eigenvalue weighted by atomic mass is 16.5. The Bertz CT molecular complexity index is 245. The number of carbonyl (C=O) groups is 1. The van der Waals surface area contributed by atoms with Crippen molar-refractivity contribution in [2.45, 2.75) is 31.7 Å². The molecule has 0 aromatic heterocycles. The molecule has 1 N–H and O–H groups in total. The van der Waals surface area contributed by atoms with Crippen molar-refractivity contribution in [3.8, 4) is 0 Å². The lowest BCUT2D eigenvalue weighted by molar-refractivity contribution is -0.133. The van der Waals surface area contributed by atoms with Gasteiger partial charge in [-0.25, -0.2) is 0 Å². The molecule has 0 spiro atoms. The Kier molecular flexibility index (Phi) is 4.18. The van der Waals surface area contributed by atoms with Gasteiger partial charge in [0.1, 0.15) is 0 Å². The second-order valence-electron chi connectivity index (χ2n) is 4.80. The molecule has 1 amide bonds. The molecule has 1 saturated heterocycles. The van der Waals surface area contributed by atoms with E-state index < -0.39 is 0 Å². The Hall–Kier alpha value is -0.610. The normalized spacial score (nSPS) is 30.7. The number of nitrogens with one attached hydrogen (secondary N) is 1. The smallest absolute Gasteiger partial charge is 0.236 e. The van der Waals surface area contributed by atoms with Crippen LogP contribution in [-0.2, 0) is 9.53 Å². The number of carbonyl (C=O) groups excluding carboxylic acids is 1. The average molecular weight is 226 g/mol. The van der Waals surface area contributed by atoms with Gasteiger partial charge >= 0.3 is 0 Å². The molecule has 0 aromatic carbocycles. The number of likely N-dealkylation sites (N-methyl/N-ethyl adjacent to an activating group) is 1. The van der Waals surface area contributed by atoms with E-state index in [9.17, 15) is 4.79 Å². The summed E-state index contributed by atoms with van der Waals surface area (Å²) in [5.74, 6) is 0.793. The van der Waals surface area contributed by atoms with E-state index in [-0.39, 0.29) is 5.91 Å². The van der Waals surface area contributed by atoms with Crippen LogP contribution in [0.4, 0.5) is 0 Å². The first-order chi connectivity index (χ1) is 7.83. The molecule has 2 rings (SSSR count). The van der Waals surface area contributed by atoms with E-state index in [0.29, 0.717) is 25.1 Å². The van der Waals surface area contributed by atoms with Gasteiger partial charge < -0.3 is 15.0 Å². The van der Waals surface area contributed by atoms with Crippen molar-refractivity contribution in [2.24, 2.45) is 5.92 Å². The van der Waals surface area contributed by atoms with Gasteiger partial charge in [-0.05, 0) is 19.9 Å². The lowest BCUT2D eigenvalue weighted by Crippen LogP contribution is -2.48. The third kappa shape index (κ3) is 2.55. The monoisotopic (exact) mass is 226 g/mol. The Morgan fingerprint density at radius 3 is 3.06 bits per heavy atom. The summed E-state index contributed by atoms with van der Waals surface area (Å²) in [6.07, 6.45) is 4.92. The van der Waals surface area contributed by atoms with Crippen LogP contribution in [0.5, 0.6) is 0 Å². The van der Waals surface area contributed by atoms with Crippen molar-refractivity contribution in [3.05, 3.63) is 0 Å². The first-order valence-electron chi connectivity index (χ1n) is 6.34. The molecule has 0 radical (unpaired) electrons. The predicted molar refractivity (Wildman–Crippen MR) is 62.2 cm³/mol. The lowest BCUT2D eigenvalue weighted by Gasteiger charge is -2.37. The van der Waals surface area contributed by atoms with E-state index in [2.05, 4.69) is 5.32 Å². The molecule has 1 saturated carbocycles. The van der Waals surface area contributed by atoms with Crippen LogP contribution < -0.4 is 5.32 Å². The molecule has 16 heavy (non-hydrogen) atoms. The van der Waals surface area contributed by atoms with Gasteiger partial charge in [0.2, 0.25) is 5.91 Å². The quantitative estimate of drug-likeness (QED) is 0.750. The molecule has 1 aliphatic heterocycles. The van der Waals surface area contributed by atoms with Crippen LogP contribution in [0.3, 0.4) is 0 Å². The van der Waals surface area contributed by atoms with Gasteiger partial charge in [-0.1, -0.05) is 12.8 Å². The number of hydrogen-bond acceptors (Lipinski definition) is 3. The molecule has 0 unspecified atom stereocenters. The lowest BCUT2D eigenvalue weighted by atomic mass is 9.84. The molecule has 2 aliphatic rings. The number of fused-ring (bicyclic) bond motifs is 1. The van der Waals surface area contributed by atoms with Gasteiger partial charge in [0.25, 0.3) is 0 Å². The van der Waals surface area contributed by atoms with Crippen molar-refractivity contribution in [1.29, 1.82) is 0 Å². The Balaban J connectivity index is 2.05. The molecular weight excluding hydrogens is 204 g/mol. The van der Waals surface area contributed by atoms with Gasteiger partial charge in [0, 0.05) is 18.5 Å². The van der Waals surface area contributed by atoms with Crippen LogP contribution in [0.2, 0.25) is 0 Å². The molecule has 0 aromatic rings. The van der Waals surface area contributed by atoms with E-state index in [1.807, 2.05) is 11.9 Å². The van der Waals surface area contributed by atoms with Gasteiger partial charge in [0.15, 0.2) is 0 Å². The summed E-state index contributed by atoms with van der Waals surface area (Å²) >= 11 is 0. The highest BCUT2D eigenvalue weighted by Crippen LogP contribution is 2.30. The number of nitrogens with zero attached hydrogens (tertiary/aromatic N) is 1. The SMILES string of the molecule is CNCC(=O)N1CCOC[C@@H]2CCCC[C@H]21. The first-order valence-corrected chi connectivity index (χ1v) is 6.34. The molecule has 2 atom stereocenters. The van der Waals surface area contributed by atoms with Crippen LogP contribution >= 0.6 is 0 Å². The molecular formula is C12H22N2O2. The minimum absolute atomic E-state index is 0.227. The second kappa shape index (κ2) is 5.64. The van der Waals surface area contributed by atoms with Crippen LogP contribution in [0, 0.1) is 5.92 Å². The van der Waals surface area contributed by atoms with E-state index >= 15 is 0 Å². The van der Waals surface area contributed by atoms with E-state index in [1.54, 1.807) is 0 Å². The molecule has 92 valence electrons. The van der Waals surface area contributed by atoms with Crippen molar-refractivity contribution in [1.82, 2.24) is 10.2 Å². The third-order valence-corrected chi connectivity index (χ3v) is 3.73. The van der Waals surface area contributed by atoms with Crippen molar-refractivity contribution in [3.63, 3.8) is 0 Å². The fourth-order valence-corrected chi connectivity index (χ4v) is 2.92. The first kappa shape index (κ1) is 11.9. The average Bonchev–Trinajstić information content (AvgIpc) is 2.51.